The number of rotatable bonds is 2. The Balaban J connectivity index is 1.61. The van der Waals surface area contributed by atoms with E-state index in [1.54, 1.807) is 0 Å². The number of aromatic nitrogens is 2. The lowest BCUT2D eigenvalue weighted by molar-refractivity contribution is 0.0682. The summed E-state index contributed by atoms with van der Waals surface area (Å²) in [5.74, 6) is 1.16. The van der Waals surface area contributed by atoms with Crippen LogP contribution in [0.4, 0.5) is 5.82 Å². The second kappa shape index (κ2) is 7.23. The molecule has 6 nitrogen and oxygen atoms in total. The summed E-state index contributed by atoms with van der Waals surface area (Å²) in [6.07, 6.45) is 11.4. The highest BCUT2D eigenvalue weighted by molar-refractivity contribution is 5.91. The quantitative estimate of drug-likeness (QED) is 0.811. The Hall–Kier alpha value is -1.95. The summed E-state index contributed by atoms with van der Waals surface area (Å²) in [7, 11) is 0. The van der Waals surface area contributed by atoms with Crippen LogP contribution in [-0.2, 0) is 0 Å². The average Bonchev–Trinajstić information content (AvgIpc) is 3.22. The smallest absolute Gasteiger partial charge is 0.292 e. The molecule has 0 radical (unpaired) electrons. The third kappa shape index (κ3) is 3.59. The molecule has 1 aliphatic carbocycles. The number of amides is 1. The minimum atomic E-state index is -0.0410. The Morgan fingerprint density at radius 3 is 2.70 bits per heavy atom. The Bertz CT molecular complexity index is 753. The number of allylic oxidation sites excluding steroid dienone is 1. The minimum absolute atomic E-state index is 0.0410. The molecule has 146 valence electrons. The van der Waals surface area contributed by atoms with Gasteiger partial charge in [-0.1, -0.05) is 25.0 Å². The molecule has 0 bridgehead atoms. The van der Waals surface area contributed by atoms with Gasteiger partial charge in [-0.25, -0.2) is 9.97 Å². The summed E-state index contributed by atoms with van der Waals surface area (Å²) in [4.78, 5) is 26.7. The molecule has 2 fully saturated rings. The zero-order valence-corrected chi connectivity index (χ0v) is 16.6. The minimum Gasteiger partial charge on any atom is -0.355 e. The van der Waals surface area contributed by atoms with Crippen molar-refractivity contribution in [1.29, 1.82) is 0 Å². The summed E-state index contributed by atoms with van der Waals surface area (Å²) in [6.45, 7) is 7.15. The Morgan fingerprint density at radius 2 is 2.00 bits per heavy atom. The van der Waals surface area contributed by atoms with Crippen molar-refractivity contribution in [2.45, 2.75) is 58.4 Å². The molecule has 1 saturated heterocycles. The molecule has 1 aromatic rings. The van der Waals surface area contributed by atoms with E-state index in [1.165, 1.54) is 25.7 Å². The first-order valence-electron chi connectivity index (χ1n) is 10.3. The van der Waals surface area contributed by atoms with Gasteiger partial charge in [0.15, 0.2) is 0 Å². The zero-order chi connectivity index (χ0) is 19.0. The van der Waals surface area contributed by atoms with E-state index in [-0.39, 0.29) is 17.4 Å². The van der Waals surface area contributed by atoms with Crippen LogP contribution in [0.1, 0.15) is 60.4 Å². The molecule has 2 aliphatic heterocycles. The number of hydrogen-bond acceptors (Lipinski definition) is 5. The summed E-state index contributed by atoms with van der Waals surface area (Å²) < 4.78 is 0. The van der Waals surface area contributed by atoms with E-state index in [4.69, 9.17) is 10.7 Å². The molecular formula is C21H31N5O. The summed E-state index contributed by atoms with van der Waals surface area (Å²) in [6, 6.07) is 0.178. The SMILES string of the molecule is Cc1nc(C(=O)N2CC=CCC3(CCCC3)C2)nc(N2CC[C@@H](N)C2)c1C. The van der Waals surface area contributed by atoms with Crippen LogP contribution in [0, 0.1) is 19.3 Å². The average molecular weight is 370 g/mol. The third-order valence-electron chi connectivity index (χ3n) is 6.60. The molecule has 2 N–H and O–H groups in total. The largest absolute Gasteiger partial charge is 0.355 e. The van der Waals surface area contributed by atoms with Crippen molar-refractivity contribution in [3.8, 4) is 0 Å². The van der Waals surface area contributed by atoms with Crippen LogP contribution < -0.4 is 10.6 Å². The molecule has 0 unspecified atom stereocenters. The number of nitrogens with zero attached hydrogens (tertiary/aromatic N) is 4. The topological polar surface area (TPSA) is 75.4 Å². The number of nitrogens with two attached hydrogens (primary N) is 1. The van der Waals surface area contributed by atoms with E-state index in [2.05, 4.69) is 22.0 Å². The monoisotopic (exact) mass is 369 g/mol. The van der Waals surface area contributed by atoms with Gasteiger partial charge >= 0.3 is 0 Å². The normalized spacial score (nSPS) is 24.6. The van der Waals surface area contributed by atoms with E-state index in [0.717, 1.165) is 49.6 Å². The predicted octanol–water partition coefficient (Wildman–Crippen LogP) is 2.59. The summed E-state index contributed by atoms with van der Waals surface area (Å²) in [5, 5.41) is 0. The van der Waals surface area contributed by atoms with E-state index < -0.39 is 0 Å². The van der Waals surface area contributed by atoms with Gasteiger partial charge in [0.25, 0.3) is 5.91 Å². The molecule has 1 atom stereocenters. The van der Waals surface area contributed by atoms with Gasteiger partial charge in [-0.3, -0.25) is 4.79 Å². The maximum atomic E-state index is 13.3. The van der Waals surface area contributed by atoms with Crippen molar-refractivity contribution in [3.05, 3.63) is 29.2 Å². The van der Waals surface area contributed by atoms with Gasteiger partial charge in [0.2, 0.25) is 5.82 Å². The number of anilines is 1. The van der Waals surface area contributed by atoms with Crippen LogP contribution in [0.2, 0.25) is 0 Å². The molecule has 3 heterocycles. The first kappa shape index (κ1) is 18.4. The summed E-state index contributed by atoms with van der Waals surface area (Å²) in [5.41, 5.74) is 8.26. The van der Waals surface area contributed by atoms with Crippen molar-refractivity contribution in [3.63, 3.8) is 0 Å². The molecular weight excluding hydrogens is 338 g/mol. The molecule has 6 heteroatoms. The maximum Gasteiger partial charge on any atom is 0.292 e. The van der Waals surface area contributed by atoms with Gasteiger partial charge < -0.3 is 15.5 Å². The highest BCUT2D eigenvalue weighted by Gasteiger charge is 2.37. The van der Waals surface area contributed by atoms with Crippen molar-refractivity contribution in [1.82, 2.24) is 14.9 Å². The molecule has 1 spiro atoms. The van der Waals surface area contributed by atoms with Crippen LogP contribution in [0.25, 0.3) is 0 Å². The Morgan fingerprint density at radius 1 is 1.22 bits per heavy atom. The van der Waals surface area contributed by atoms with E-state index in [9.17, 15) is 4.79 Å². The van der Waals surface area contributed by atoms with E-state index >= 15 is 0 Å². The van der Waals surface area contributed by atoms with Gasteiger partial charge in [0.05, 0.1) is 0 Å². The lowest BCUT2D eigenvalue weighted by atomic mass is 9.82. The second-order valence-corrected chi connectivity index (χ2v) is 8.64. The van der Waals surface area contributed by atoms with Crippen LogP contribution in [-0.4, -0.2) is 53.0 Å². The molecule has 0 aromatic carbocycles. The molecule has 4 rings (SSSR count). The molecule has 1 saturated carbocycles. The Kier molecular flexibility index (Phi) is 4.93. The van der Waals surface area contributed by atoms with Gasteiger partial charge in [0, 0.05) is 43.5 Å². The number of carbonyl (C=O) groups is 1. The lowest BCUT2D eigenvalue weighted by Crippen LogP contribution is -2.40. The first-order valence-corrected chi connectivity index (χ1v) is 10.3. The molecule has 1 aromatic heterocycles. The van der Waals surface area contributed by atoms with Gasteiger partial charge in [-0.05, 0) is 44.9 Å². The van der Waals surface area contributed by atoms with Crippen molar-refractivity contribution >= 4 is 11.7 Å². The standard InChI is InChI=1S/C21H31N5O/c1-15-16(2)23-18(24-19(15)25-12-7-17(22)13-25)20(27)26-11-6-5-10-21(14-26)8-3-4-9-21/h5-6,17H,3-4,7-14,22H2,1-2H3/t17-/m1/s1. The van der Waals surface area contributed by atoms with Crippen LogP contribution in [0.3, 0.4) is 0 Å². The van der Waals surface area contributed by atoms with Gasteiger partial charge in [0.1, 0.15) is 5.82 Å². The van der Waals surface area contributed by atoms with Crippen molar-refractivity contribution < 1.29 is 4.79 Å². The zero-order valence-electron chi connectivity index (χ0n) is 16.6. The second-order valence-electron chi connectivity index (χ2n) is 8.64. The third-order valence-corrected chi connectivity index (χ3v) is 6.60. The van der Waals surface area contributed by atoms with Crippen molar-refractivity contribution in [2.24, 2.45) is 11.1 Å². The predicted molar refractivity (Wildman–Crippen MR) is 107 cm³/mol. The maximum absolute atomic E-state index is 13.3. The molecule has 1 amide bonds. The number of carbonyl (C=O) groups excluding carboxylic acids is 1. The van der Waals surface area contributed by atoms with Crippen LogP contribution in [0.5, 0.6) is 0 Å². The van der Waals surface area contributed by atoms with E-state index in [1.807, 2.05) is 18.7 Å². The fraction of sp³-hybridized carbons (Fsp3) is 0.667. The molecule has 27 heavy (non-hydrogen) atoms. The van der Waals surface area contributed by atoms with Gasteiger partial charge in [-0.2, -0.15) is 0 Å². The van der Waals surface area contributed by atoms with Gasteiger partial charge in [-0.15, -0.1) is 0 Å². The first-order chi connectivity index (χ1) is 13.0. The molecule has 3 aliphatic rings. The van der Waals surface area contributed by atoms with E-state index in [0.29, 0.717) is 12.4 Å². The fourth-order valence-corrected chi connectivity index (χ4v) is 4.85. The highest BCUT2D eigenvalue weighted by atomic mass is 16.2. The highest BCUT2D eigenvalue weighted by Crippen LogP contribution is 2.43. The number of aryl methyl sites for hydroxylation is 1. The Labute approximate surface area is 161 Å². The van der Waals surface area contributed by atoms with Crippen LogP contribution >= 0.6 is 0 Å². The van der Waals surface area contributed by atoms with Crippen LogP contribution in [0.15, 0.2) is 12.2 Å². The lowest BCUT2D eigenvalue weighted by Gasteiger charge is -2.32. The summed E-state index contributed by atoms with van der Waals surface area (Å²) >= 11 is 0. The fourth-order valence-electron chi connectivity index (χ4n) is 4.85. The number of hydrogen-bond donors (Lipinski definition) is 1. The van der Waals surface area contributed by atoms with Crippen molar-refractivity contribution in [2.75, 3.05) is 31.1 Å².